The molecule has 3 nitrogen and oxygen atoms in total. The maximum atomic E-state index is 13.1. The maximum Gasteiger partial charge on any atom is 0.417 e. The maximum absolute atomic E-state index is 13.1. The minimum atomic E-state index is -4.65. The first-order valence-corrected chi connectivity index (χ1v) is 8.66. The SMILES string of the molecule is C/C=C(OC(=O)c1ccccc1C(F)(F)F)/C(C)=C/O[C@@H](C)c1ccccc1. The summed E-state index contributed by atoms with van der Waals surface area (Å²) in [7, 11) is 0. The first-order valence-electron chi connectivity index (χ1n) is 8.66. The average molecular weight is 390 g/mol. The minimum Gasteiger partial charge on any atom is -0.493 e. The molecule has 0 spiro atoms. The van der Waals surface area contributed by atoms with E-state index in [0.29, 0.717) is 5.57 Å². The third-order valence-corrected chi connectivity index (χ3v) is 4.02. The molecule has 2 rings (SSSR count). The van der Waals surface area contributed by atoms with E-state index in [1.54, 1.807) is 13.8 Å². The van der Waals surface area contributed by atoms with E-state index < -0.39 is 23.3 Å². The standard InChI is InChI=1S/C22H21F3O3/c1-4-20(15(2)14-27-16(3)17-10-6-5-7-11-17)28-21(26)18-12-8-9-13-19(18)22(23,24)25/h4-14,16H,1-3H3/b15-14+,20-4-/t16-/m0/s1. The Bertz CT molecular complexity index is 868. The highest BCUT2D eigenvalue weighted by Crippen LogP contribution is 2.32. The van der Waals surface area contributed by atoms with Gasteiger partial charge < -0.3 is 9.47 Å². The van der Waals surface area contributed by atoms with E-state index in [-0.39, 0.29) is 11.9 Å². The molecule has 0 fully saturated rings. The summed E-state index contributed by atoms with van der Waals surface area (Å²) in [6.45, 7) is 5.13. The van der Waals surface area contributed by atoms with Gasteiger partial charge in [0.05, 0.1) is 17.4 Å². The zero-order valence-electron chi connectivity index (χ0n) is 15.8. The van der Waals surface area contributed by atoms with Crippen molar-refractivity contribution in [3.05, 3.63) is 95.0 Å². The lowest BCUT2D eigenvalue weighted by atomic mass is 10.1. The molecule has 148 valence electrons. The number of allylic oxidation sites excluding steroid dienone is 2. The number of carbonyl (C=O) groups excluding carboxylic acids is 1. The Kier molecular flexibility index (Phi) is 7.04. The molecule has 6 heteroatoms. The molecule has 1 atom stereocenters. The first kappa shape index (κ1) is 21.3. The van der Waals surface area contributed by atoms with Crippen molar-refractivity contribution in [2.45, 2.75) is 33.1 Å². The van der Waals surface area contributed by atoms with Crippen molar-refractivity contribution in [2.75, 3.05) is 0 Å². The topological polar surface area (TPSA) is 35.5 Å². The first-order chi connectivity index (χ1) is 13.2. The van der Waals surface area contributed by atoms with E-state index in [1.165, 1.54) is 24.5 Å². The van der Waals surface area contributed by atoms with Crippen LogP contribution in [0.4, 0.5) is 13.2 Å². The summed E-state index contributed by atoms with van der Waals surface area (Å²) in [4.78, 5) is 12.3. The third kappa shape index (κ3) is 5.49. The summed E-state index contributed by atoms with van der Waals surface area (Å²) >= 11 is 0. The second kappa shape index (κ2) is 9.26. The van der Waals surface area contributed by atoms with Gasteiger partial charge in [-0.05, 0) is 44.5 Å². The van der Waals surface area contributed by atoms with Gasteiger partial charge in [0.1, 0.15) is 11.9 Å². The Morgan fingerprint density at radius 1 is 1.04 bits per heavy atom. The summed E-state index contributed by atoms with van der Waals surface area (Å²) in [5, 5.41) is 0. The number of rotatable bonds is 6. The summed E-state index contributed by atoms with van der Waals surface area (Å²) in [6.07, 6.45) is -1.96. The van der Waals surface area contributed by atoms with Crippen molar-refractivity contribution >= 4 is 5.97 Å². The number of benzene rings is 2. The second-order valence-corrected chi connectivity index (χ2v) is 6.08. The Morgan fingerprint density at radius 3 is 2.25 bits per heavy atom. The molecule has 0 N–H and O–H groups in total. The molecule has 28 heavy (non-hydrogen) atoms. The van der Waals surface area contributed by atoms with E-state index in [4.69, 9.17) is 9.47 Å². The quantitative estimate of drug-likeness (QED) is 0.323. The van der Waals surface area contributed by atoms with Crippen LogP contribution in [-0.4, -0.2) is 5.97 Å². The predicted octanol–water partition coefficient (Wildman–Crippen LogP) is 6.45. The number of esters is 1. The fourth-order valence-electron chi connectivity index (χ4n) is 2.50. The summed E-state index contributed by atoms with van der Waals surface area (Å²) in [6, 6.07) is 14.0. The zero-order valence-corrected chi connectivity index (χ0v) is 15.8. The van der Waals surface area contributed by atoms with E-state index in [0.717, 1.165) is 17.7 Å². The Morgan fingerprint density at radius 2 is 1.64 bits per heavy atom. The lowest BCUT2D eigenvalue weighted by molar-refractivity contribution is -0.138. The van der Waals surface area contributed by atoms with Gasteiger partial charge in [-0.3, -0.25) is 0 Å². The predicted molar refractivity (Wildman–Crippen MR) is 100 cm³/mol. The van der Waals surface area contributed by atoms with Crippen LogP contribution in [0.5, 0.6) is 0 Å². The van der Waals surface area contributed by atoms with E-state index in [9.17, 15) is 18.0 Å². The lowest BCUT2D eigenvalue weighted by Crippen LogP contribution is -2.15. The molecular formula is C22H21F3O3. The van der Waals surface area contributed by atoms with E-state index >= 15 is 0 Å². The number of hydrogen-bond acceptors (Lipinski definition) is 3. The third-order valence-electron chi connectivity index (χ3n) is 4.02. The molecule has 0 aromatic heterocycles. The van der Waals surface area contributed by atoms with Crippen molar-refractivity contribution in [1.29, 1.82) is 0 Å². The number of halogens is 3. The van der Waals surface area contributed by atoms with Crippen LogP contribution in [0.3, 0.4) is 0 Å². The largest absolute Gasteiger partial charge is 0.493 e. The van der Waals surface area contributed by atoms with E-state index in [1.807, 2.05) is 37.3 Å². The smallest absolute Gasteiger partial charge is 0.417 e. The van der Waals surface area contributed by atoms with Crippen LogP contribution in [0.2, 0.25) is 0 Å². The lowest BCUT2D eigenvalue weighted by Gasteiger charge is -2.15. The van der Waals surface area contributed by atoms with Crippen molar-refractivity contribution in [3.8, 4) is 0 Å². The molecule has 0 amide bonds. The van der Waals surface area contributed by atoms with Gasteiger partial charge >= 0.3 is 12.1 Å². The van der Waals surface area contributed by atoms with Gasteiger partial charge in [-0.25, -0.2) is 4.79 Å². The number of ether oxygens (including phenoxy) is 2. The Labute approximate surface area is 162 Å². The van der Waals surface area contributed by atoms with Crippen molar-refractivity contribution in [3.63, 3.8) is 0 Å². The number of hydrogen-bond donors (Lipinski definition) is 0. The van der Waals surface area contributed by atoms with Crippen molar-refractivity contribution in [2.24, 2.45) is 0 Å². The monoisotopic (exact) mass is 390 g/mol. The van der Waals surface area contributed by atoms with Gasteiger partial charge in [0, 0.05) is 5.57 Å². The van der Waals surface area contributed by atoms with Crippen molar-refractivity contribution < 1.29 is 27.4 Å². The van der Waals surface area contributed by atoms with Gasteiger partial charge in [-0.15, -0.1) is 0 Å². The number of alkyl halides is 3. The van der Waals surface area contributed by atoms with E-state index in [2.05, 4.69) is 0 Å². The van der Waals surface area contributed by atoms with Gasteiger partial charge in [0.25, 0.3) is 0 Å². The molecule has 0 aliphatic rings. The van der Waals surface area contributed by atoms with Crippen LogP contribution in [0, 0.1) is 0 Å². The molecule has 0 aliphatic carbocycles. The highest BCUT2D eigenvalue weighted by Gasteiger charge is 2.35. The van der Waals surface area contributed by atoms with Crippen LogP contribution in [0.25, 0.3) is 0 Å². The molecule has 0 saturated heterocycles. The van der Waals surface area contributed by atoms with Crippen LogP contribution >= 0.6 is 0 Å². The van der Waals surface area contributed by atoms with Gasteiger partial charge in [-0.2, -0.15) is 13.2 Å². The molecule has 0 heterocycles. The Hall–Kier alpha value is -3.02. The number of carbonyl (C=O) groups is 1. The second-order valence-electron chi connectivity index (χ2n) is 6.08. The summed E-state index contributed by atoms with van der Waals surface area (Å²) in [5.74, 6) is -0.952. The normalized spacial score (nSPS) is 13.8. The molecule has 0 radical (unpaired) electrons. The molecule has 2 aromatic carbocycles. The highest BCUT2D eigenvalue weighted by atomic mass is 19.4. The van der Waals surface area contributed by atoms with Gasteiger partial charge in [0.15, 0.2) is 0 Å². The Balaban J connectivity index is 2.13. The van der Waals surface area contributed by atoms with Crippen LogP contribution in [-0.2, 0) is 15.7 Å². The zero-order chi connectivity index (χ0) is 20.7. The van der Waals surface area contributed by atoms with Crippen LogP contribution in [0.1, 0.15) is 48.4 Å². The van der Waals surface area contributed by atoms with Gasteiger partial charge in [0.2, 0.25) is 0 Å². The van der Waals surface area contributed by atoms with Crippen LogP contribution in [0.15, 0.2) is 78.3 Å². The molecule has 0 saturated carbocycles. The van der Waals surface area contributed by atoms with Gasteiger partial charge in [-0.1, -0.05) is 42.5 Å². The molecular weight excluding hydrogens is 369 g/mol. The fraction of sp³-hybridized carbons (Fsp3) is 0.227. The van der Waals surface area contributed by atoms with Crippen LogP contribution < -0.4 is 0 Å². The molecule has 0 unspecified atom stereocenters. The summed E-state index contributed by atoms with van der Waals surface area (Å²) < 4.78 is 50.2. The molecule has 0 aliphatic heterocycles. The molecule has 2 aromatic rings. The minimum absolute atomic E-state index is 0.127. The van der Waals surface area contributed by atoms with Crippen molar-refractivity contribution in [1.82, 2.24) is 0 Å². The highest BCUT2D eigenvalue weighted by molar-refractivity contribution is 5.92. The fourth-order valence-corrected chi connectivity index (χ4v) is 2.50. The average Bonchev–Trinajstić information content (AvgIpc) is 2.69. The summed E-state index contributed by atoms with van der Waals surface area (Å²) in [5.41, 5.74) is -0.139. The molecule has 0 bridgehead atoms.